The van der Waals surface area contributed by atoms with Gasteiger partial charge < -0.3 is 10.2 Å². The lowest BCUT2D eigenvalue weighted by molar-refractivity contribution is 0.0958. The summed E-state index contributed by atoms with van der Waals surface area (Å²) in [6, 6.07) is 10.8. The van der Waals surface area contributed by atoms with Gasteiger partial charge in [0.25, 0.3) is 0 Å². The monoisotopic (exact) mass is 479 g/mol. The molecule has 0 amide bonds. The molecule has 0 aromatic heterocycles. The Bertz CT molecular complexity index is 705. The molecule has 146 valence electrons. The van der Waals surface area contributed by atoms with Crippen LogP contribution in [-0.4, -0.2) is 55.0 Å². The van der Waals surface area contributed by atoms with Crippen molar-refractivity contribution >= 4 is 29.9 Å². The summed E-state index contributed by atoms with van der Waals surface area (Å²) in [7, 11) is 1.86. The molecule has 1 N–H and O–H groups in total. The summed E-state index contributed by atoms with van der Waals surface area (Å²) in [5, 5.41) is 12.5. The number of rotatable bonds is 3. The molecule has 3 fully saturated rings. The zero-order valence-electron chi connectivity index (χ0n) is 16.1. The van der Waals surface area contributed by atoms with Gasteiger partial charge in [-0.2, -0.15) is 5.26 Å². The van der Waals surface area contributed by atoms with Crippen LogP contribution in [0.15, 0.2) is 29.3 Å². The third-order valence-electron chi connectivity index (χ3n) is 6.50. The van der Waals surface area contributed by atoms with Gasteiger partial charge in [0.05, 0.1) is 11.6 Å². The fraction of sp³-hybridized carbons (Fsp3) is 0.619. The SMILES string of the molecule is CN=C(NCc1cccc(C#N)c1)N1CCN(C2CC3CCC2C3)CC1.I. The number of hydrogen-bond acceptors (Lipinski definition) is 3. The highest BCUT2D eigenvalue weighted by atomic mass is 127. The fourth-order valence-electron chi connectivity index (χ4n) is 5.19. The van der Waals surface area contributed by atoms with Crippen LogP contribution in [0.2, 0.25) is 0 Å². The van der Waals surface area contributed by atoms with Crippen LogP contribution in [0.25, 0.3) is 0 Å². The van der Waals surface area contributed by atoms with Crippen LogP contribution in [0.4, 0.5) is 0 Å². The molecule has 2 saturated carbocycles. The minimum Gasteiger partial charge on any atom is -0.352 e. The maximum Gasteiger partial charge on any atom is 0.194 e. The Hall–Kier alpha value is -1.33. The summed E-state index contributed by atoms with van der Waals surface area (Å²) >= 11 is 0. The van der Waals surface area contributed by atoms with E-state index < -0.39 is 0 Å². The van der Waals surface area contributed by atoms with Crippen molar-refractivity contribution in [1.82, 2.24) is 15.1 Å². The summed E-state index contributed by atoms with van der Waals surface area (Å²) in [4.78, 5) is 9.59. The first-order valence-corrected chi connectivity index (χ1v) is 9.95. The van der Waals surface area contributed by atoms with Gasteiger partial charge in [0.1, 0.15) is 0 Å². The second-order valence-corrected chi connectivity index (χ2v) is 7.98. The number of hydrogen-bond donors (Lipinski definition) is 1. The standard InChI is InChI=1S/C21H29N5.HI/c1-23-21(24-15-18-4-2-3-17(11-18)14-22)26-9-7-25(8-10-26)20-13-16-5-6-19(20)12-16;/h2-4,11,16,19-20H,5-10,12-13,15H2,1H3,(H,23,24);1H. The van der Waals surface area contributed by atoms with E-state index in [2.05, 4.69) is 26.2 Å². The van der Waals surface area contributed by atoms with E-state index in [4.69, 9.17) is 5.26 Å². The highest BCUT2D eigenvalue weighted by molar-refractivity contribution is 14.0. The largest absolute Gasteiger partial charge is 0.352 e. The van der Waals surface area contributed by atoms with E-state index in [0.29, 0.717) is 12.1 Å². The number of benzene rings is 1. The van der Waals surface area contributed by atoms with Crippen molar-refractivity contribution in [2.24, 2.45) is 16.8 Å². The molecule has 1 heterocycles. The van der Waals surface area contributed by atoms with Crippen molar-refractivity contribution in [2.75, 3.05) is 33.2 Å². The molecule has 2 bridgehead atoms. The van der Waals surface area contributed by atoms with Crippen molar-refractivity contribution in [3.63, 3.8) is 0 Å². The average molecular weight is 479 g/mol. The van der Waals surface area contributed by atoms with Gasteiger partial charge in [-0.3, -0.25) is 9.89 Å². The lowest BCUT2D eigenvalue weighted by Crippen LogP contribution is -2.55. The first kappa shape index (κ1) is 20.4. The van der Waals surface area contributed by atoms with E-state index in [-0.39, 0.29) is 24.0 Å². The molecule has 2 aliphatic carbocycles. The van der Waals surface area contributed by atoms with E-state index in [9.17, 15) is 0 Å². The number of nitrogens with zero attached hydrogens (tertiary/aromatic N) is 4. The highest BCUT2D eigenvalue weighted by Gasteiger charge is 2.42. The quantitative estimate of drug-likeness (QED) is 0.412. The Balaban J connectivity index is 0.00000210. The molecule has 1 aromatic carbocycles. The number of fused-ring (bicyclic) bond motifs is 2. The van der Waals surface area contributed by atoms with Gasteiger partial charge in [-0.15, -0.1) is 24.0 Å². The van der Waals surface area contributed by atoms with Crippen LogP contribution in [-0.2, 0) is 6.54 Å². The smallest absolute Gasteiger partial charge is 0.194 e. The van der Waals surface area contributed by atoms with Crippen LogP contribution in [0.1, 0.15) is 36.8 Å². The molecule has 6 heteroatoms. The van der Waals surface area contributed by atoms with Crippen molar-refractivity contribution in [3.8, 4) is 6.07 Å². The van der Waals surface area contributed by atoms with Crippen molar-refractivity contribution in [3.05, 3.63) is 35.4 Å². The van der Waals surface area contributed by atoms with Gasteiger partial charge in [0.15, 0.2) is 5.96 Å². The van der Waals surface area contributed by atoms with Gasteiger partial charge in [0, 0.05) is 45.8 Å². The van der Waals surface area contributed by atoms with E-state index in [0.717, 1.165) is 55.6 Å². The summed E-state index contributed by atoms with van der Waals surface area (Å²) in [5.41, 5.74) is 1.82. The second kappa shape index (κ2) is 9.24. The van der Waals surface area contributed by atoms with E-state index >= 15 is 0 Å². The van der Waals surface area contributed by atoms with Crippen LogP contribution in [0.5, 0.6) is 0 Å². The van der Waals surface area contributed by atoms with Gasteiger partial charge in [0.2, 0.25) is 0 Å². The molecular formula is C21H30IN5. The zero-order chi connectivity index (χ0) is 17.9. The Labute approximate surface area is 179 Å². The lowest BCUT2D eigenvalue weighted by Gasteiger charge is -2.42. The predicted octanol–water partition coefficient (Wildman–Crippen LogP) is 3.06. The summed E-state index contributed by atoms with van der Waals surface area (Å²) in [6.07, 6.45) is 5.86. The number of nitriles is 1. The van der Waals surface area contributed by atoms with Gasteiger partial charge in [-0.05, 0) is 48.8 Å². The summed E-state index contributed by atoms with van der Waals surface area (Å²) in [5.74, 6) is 2.96. The zero-order valence-corrected chi connectivity index (χ0v) is 18.4. The number of nitrogens with one attached hydrogen (secondary N) is 1. The molecule has 5 nitrogen and oxygen atoms in total. The van der Waals surface area contributed by atoms with E-state index in [1.54, 1.807) is 0 Å². The first-order chi connectivity index (χ1) is 12.8. The van der Waals surface area contributed by atoms with Crippen molar-refractivity contribution in [1.29, 1.82) is 5.26 Å². The lowest BCUT2D eigenvalue weighted by atomic mass is 9.93. The Kier molecular flexibility index (Phi) is 6.99. The van der Waals surface area contributed by atoms with E-state index in [1.165, 1.54) is 25.7 Å². The molecule has 3 atom stereocenters. The Morgan fingerprint density at radius 1 is 1.22 bits per heavy atom. The third-order valence-corrected chi connectivity index (χ3v) is 6.50. The molecule has 27 heavy (non-hydrogen) atoms. The fourth-order valence-corrected chi connectivity index (χ4v) is 5.19. The first-order valence-electron chi connectivity index (χ1n) is 9.95. The number of halogens is 1. The van der Waals surface area contributed by atoms with Crippen LogP contribution in [0.3, 0.4) is 0 Å². The van der Waals surface area contributed by atoms with Crippen molar-refractivity contribution < 1.29 is 0 Å². The second-order valence-electron chi connectivity index (χ2n) is 7.98. The molecule has 4 rings (SSSR count). The van der Waals surface area contributed by atoms with Gasteiger partial charge in [-0.25, -0.2) is 0 Å². The van der Waals surface area contributed by atoms with E-state index in [1.807, 2.05) is 31.3 Å². The van der Waals surface area contributed by atoms with Crippen LogP contribution < -0.4 is 5.32 Å². The third kappa shape index (κ3) is 4.57. The maximum atomic E-state index is 9.04. The normalized spacial score (nSPS) is 27.9. The average Bonchev–Trinajstić information content (AvgIpc) is 3.33. The highest BCUT2D eigenvalue weighted by Crippen LogP contribution is 2.46. The van der Waals surface area contributed by atoms with Gasteiger partial charge in [-0.1, -0.05) is 18.6 Å². The molecule has 3 unspecified atom stereocenters. The number of guanidine groups is 1. The molecule has 3 aliphatic rings. The number of aliphatic imine (C=N–C) groups is 1. The summed E-state index contributed by atoms with van der Waals surface area (Å²) < 4.78 is 0. The molecule has 0 radical (unpaired) electrons. The predicted molar refractivity (Wildman–Crippen MR) is 119 cm³/mol. The topological polar surface area (TPSA) is 54.7 Å². The minimum absolute atomic E-state index is 0. The molecule has 1 aromatic rings. The minimum atomic E-state index is 0. The summed E-state index contributed by atoms with van der Waals surface area (Å²) in [6.45, 7) is 5.10. The van der Waals surface area contributed by atoms with Crippen LogP contribution >= 0.6 is 24.0 Å². The molecule has 1 aliphatic heterocycles. The molecule has 1 saturated heterocycles. The molecular weight excluding hydrogens is 449 g/mol. The van der Waals surface area contributed by atoms with Crippen molar-refractivity contribution in [2.45, 2.75) is 38.3 Å². The van der Waals surface area contributed by atoms with Crippen LogP contribution in [0, 0.1) is 23.2 Å². The molecule has 0 spiro atoms. The number of piperazine rings is 1. The maximum absolute atomic E-state index is 9.04. The van der Waals surface area contributed by atoms with Gasteiger partial charge >= 0.3 is 0 Å². The Morgan fingerprint density at radius 2 is 2.04 bits per heavy atom. The Morgan fingerprint density at radius 3 is 2.67 bits per heavy atom.